The first-order valence-electron chi connectivity index (χ1n) is 10.7. The number of nitrogens with zero attached hydrogens (tertiary/aromatic N) is 1. The summed E-state index contributed by atoms with van der Waals surface area (Å²) in [5, 5.41) is 7.13. The van der Waals surface area contributed by atoms with Gasteiger partial charge in [0.1, 0.15) is 0 Å². The molecule has 3 aromatic rings. The molecule has 3 aliphatic rings. The lowest BCUT2D eigenvalue weighted by Crippen LogP contribution is -2.33. The summed E-state index contributed by atoms with van der Waals surface area (Å²) in [5.41, 5.74) is 4.81. The predicted molar refractivity (Wildman–Crippen MR) is 128 cm³/mol. The van der Waals surface area contributed by atoms with E-state index in [4.69, 9.17) is 4.98 Å². The highest BCUT2D eigenvalue weighted by Gasteiger charge is 2.53. The summed E-state index contributed by atoms with van der Waals surface area (Å²) in [6.45, 7) is 0. The van der Waals surface area contributed by atoms with E-state index in [9.17, 15) is 0 Å². The van der Waals surface area contributed by atoms with Gasteiger partial charge in [0.05, 0.1) is 5.69 Å². The summed E-state index contributed by atoms with van der Waals surface area (Å²) in [7, 11) is 0. The summed E-state index contributed by atoms with van der Waals surface area (Å²) in [4.78, 5) is 4.92. The fraction of sp³-hybridized carbons (Fsp3) is 0.400. The maximum Gasteiger partial charge on any atom is 0.183 e. The van der Waals surface area contributed by atoms with Crippen LogP contribution in [0, 0.1) is 23.7 Å². The van der Waals surface area contributed by atoms with Gasteiger partial charge in [0.25, 0.3) is 0 Å². The molecule has 3 aliphatic carbocycles. The molecule has 150 valence electrons. The molecule has 6 rings (SSSR count). The molecule has 0 aliphatic heterocycles. The van der Waals surface area contributed by atoms with Gasteiger partial charge in [-0.25, -0.2) is 4.98 Å². The molecule has 0 amide bonds. The molecule has 0 spiro atoms. The Labute approximate surface area is 187 Å². The minimum Gasteiger partial charge on any atom is -0.358 e. The average Bonchev–Trinajstić information content (AvgIpc) is 3.52. The molecule has 5 atom stereocenters. The first kappa shape index (κ1) is 19.3. The first-order chi connectivity index (χ1) is 13.8. The number of thiazole rings is 1. The van der Waals surface area contributed by atoms with Crippen molar-refractivity contribution in [3.05, 3.63) is 60.0 Å². The standard InChI is InChI=1S/C25H26N2S.BrH/c1-2-5-16(6-3-1)17-9-11-18(12-10-17)24-15-28-25(27-24)26-23-14-19-13-22(23)21-8-4-7-20(19)21;/h1-3,5-6,9-12,15,19-23H,4,7-8,13-14H2,(H,26,27);1H. The zero-order valence-corrected chi connectivity index (χ0v) is 19.0. The lowest BCUT2D eigenvalue weighted by atomic mass is 9.79. The van der Waals surface area contributed by atoms with Crippen LogP contribution in [-0.2, 0) is 0 Å². The number of fused-ring (bicyclic) bond motifs is 5. The Hall–Kier alpha value is -1.65. The fourth-order valence-corrected chi connectivity index (χ4v) is 7.11. The molecule has 2 nitrogen and oxygen atoms in total. The molecule has 3 saturated carbocycles. The molecule has 3 fully saturated rings. The minimum absolute atomic E-state index is 0. The highest BCUT2D eigenvalue weighted by Crippen LogP contribution is 2.59. The van der Waals surface area contributed by atoms with Crippen molar-refractivity contribution >= 4 is 33.4 Å². The Bertz CT molecular complexity index is 968. The molecule has 5 unspecified atom stereocenters. The van der Waals surface area contributed by atoms with E-state index in [-0.39, 0.29) is 17.0 Å². The summed E-state index contributed by atoms with van der Waals surface area (Å²) in [6, 6.07) is 20.0. The number of benzene rings is 2. The zero-order valence-electron chi connectivity index (χ0n) is 16.5. The number of nitrogens with one attached hydrogen (secondary N) is 1. The Kier molecular flexibility index (Phi) is 5.25. The van der Waals surface area contributed by atoms with Gasteiger partial charge in [0, 0.05) is 17.0 Å². The van der Waals surface area contributed by atoms with E-state index in [1.54, 1.807) is 11.3 Å². The van der Waals surface area contributed by atoms with E-state index in [0.29, 0.717) is 6.04 Å². The topological polar surface area (TPSA) is 24.9 Å². The highest BCUT2D eigenvalue weighted by molar-refractivity contribution is 8.93. The van der Waals surface area contributed by atoms with Crippen LogP contribution in [-0.4, -0.2) is 11.0 Å². The molecule has 1 heterocycles. The molecule has 2 aromatic carbocycles. The zero-order chi connectivity index (χ0) is 18.5. The lowest BCUT2D eigenvalue weighted by Gasteiger charge is -2.31. The second kappa shape index (κ2) is 7.88. The predicted octanol–water partition coefficient (Wildman–Crippen LogP) is 7.29. The number of anilines is 1. The van der Waals surface area contributed by atoms with Gasteiger partial charge in [-0.15, -0.1) is 28.3 Å². The van der Waals surface area contributed by atoms with Crippen LogP contribution in [0.1, 0.15) is 32.1 Å². The molecule has 29 heavy (non-hydrogen) atoms. The smallest absolute Gasteiger partial charge is 0.183 e. The van der Waals surface area contributed by atoms with Gasteiger partial charge in [-0.3, -0.25) is 0 Å². The first-order valence-corrected chi connectivity index (χ1v) is 11.6. The van der Waals surface area contributed by atoms with E-state index in [1.807, 2.05) is 0 Å². The van der Waals surface area contributed by atoms with Crippen LogP contribution in [0.2, 0.25) is 0 Å². The lowest BCUT2D eigenvalue weighted by molar-refractivity contribution is 0.243. The third kappa shape index (κ3) is 3.44. The molecule has 0 radical (unpaired) electrons. The average molecular weight is 467 g/mol. The normalized spacial score (nSPS) is 29.4. The Balaban J connectivity index is 0.00000181. The second-order valence-corrected chi connectivity index (χ2v) is 9.74. The molecule has 0 saturated heterocycles. The minimum atomic E-state index is 0. The SMILES string of the molecule is Br.c1ccc(-c2ccc(-c3csc(NC4CC5CC4C4CCCC54)n3)cc2)cc1. The summed E-state index contributed by atoms with van der Waals surface area (Å²) < 4.78 is 0. The van der Waals surface area contributed by atoms with Crippen LogP contribution >= 0.6 is 28.3 Å². The third-order valence-corrected chi connectivity index (χ3v) is 8.30. The van der Waals surface area contributed by atoms with Gasteiger partial charge in [-0.05, 0) is 60.5 Å². The van der Waals surface area contributed by atoms with Crippen LogP contribution in [0.3, 0.4) is 0 Å². The maximum atomic E-state index is 4.92. The van der Waals surface area contributed by atoms with Crippen LogP contribution in [0.25, 0.3) is 22.4 Å². The Morgan fingerprint density at radius 1 is 0.793 bits per heavy atom. The second-order valence-electron chi connectivity index (χ2n) is 8.89. The Morgan fingerprint density at radius 3 is 2.34 bits per heavy atom. The van der Waals surface area contributed by atoms with E-state index >= 15 is 0 Å². The molecular formula is C25H27BrN2S. The van der Waals surface area contributed by atoms with Gasteiger partial charge in [-0.1, -0.05) is 61.0 Å². The Morgan fingerprint density at radius 2 is 1.52 bits per heavy atom. The van der Waals surface area contributed by atoms with Crippen molar-refractivity contribution in [2.75, 3.05) is 5.32 Å². The van der Waals surface area contributed by atoms with E-state index in [2.05, 4.69) is 65.3 Å². The van der Waals surface area contributed by atoms with Crippen LogP contribution in [0.5, 0.6) is 0 Å². The number of halogens is 1. The highest BCUT2D eigenvalue weighted by atomic mass is 79.9. The van der Waals surface area contributed by atoms with Crippen LogP contribution < -0.4 is 5.32 Å². The number of hydrogen-bond donors (Lipinski definition) is 1. The maximum absolute atomic E-state index is 4.92. The quantitative estimate of drug-likeness (QED) is 0.436. The summed E-state index contributed by atoms with van der Waals surface area (Å²) in [5.74, 6) is 3.94. The van der Waals surface area contributed by atoms with E-state index in [1.165, 1.54) is 48.8 Å². The van der Waals surface area contributed by atoms with Gasteiger partial charge in [-0.2, -0.15) is 0 Å². The van der Waals surface area contributed by atoms with Crippen molar-refractivity contribution in [3.8, 4) is 22.4 Å². The van der Waals surface area contributed by atoms with Crippen molar-refractivity contribution in [1.29, 1.82) is 0 Å². The third-order valence-electron chi connectivity index (χ3n) is 7.53. The molecule has 2 bridgehead atoms. The molecular weight excluding hydrogens is 440 g/mol. The number of rotatable bonds is 4. The molecule has 1 N–H and O–H groups in total. The van der Waals surface area contributed by atoms with E-state index < -0.39 is 0 Å². The van der Waals surface area contributed by atoms with Crippen LogP contribution in [0.4, 0.5) is 5.13 Å². The molecule has 4 heteroatoms. The molecule has 1 aromatic heterocycles. The number of aromatic nitrogens is 1. The van der Waals surface area contributed by atoms with Gasteiger partial charge >= 0.3 is 0 Å². The van der Waals surface area contributed by atoms with Crippen molar-refractivity contribution in [3.63, 3.8) is 0 Å². The van der Waals surface area contributed by atoms with Crippen molar-refractivity contribution in [2.45, 2.75) is 38.1 Å². The monoisotopic (exact) mass is 466 g/mol. The van der Waals surface area contributed by atoms with E-state index in [0.717, 1.165) is 34.5 Å². The fourth-order valence-electron chi connectivity index (χ4n) is 6.33. The largest absolute Gasteiger partial charge is 0.358 e. The van der Waals surface area contributed by atoms with Gasteiger partial charge < -0.3 is 5.32 Å². The van der Waals surface area contributed by atoms with Crippen molar-refractivity contribution in [2.24, 2.45) is 23.7 Å². The van der Waals surface area contributed by atoms with Crippen molar-refractivity contribution < 1.29 is 0 Å². The van der Waals surface area contributed by atoms with Crippen molar-refractivity contribution in [1.82, 2.24) is 4.98 Å². The van der Waals surface area contributed by atoms with Gasteiger partial charge in [0.2, 0.25) is 0 Å². The summed E-state index contributed by atoms with van der Waals surface area (Å²) >= 11 is 1.76. The van der Waals surface area contributed by atoms with Crippen LogP contribution in [0.15, 0.2) is 60.0 Å². The number of hydrogen-bond acceptors (Lipinski definition) is 3. The summed E-state index contributed by atoms with van der Waals surface area (Å²) in [6.07, 6.45) is 7.27. The van der Waals surface area contributed by atoms with Gasteiger partial charge in [0.15, 0.2) is 5.13 Å².